The van der Waals surface area contributed by atoms with E-state index in [1.807, 2.05) is 0 Å². The second-order valence-electron chi connectivity index (χ2n) is 3.65. The molecule has 6 heteroatoms. The molecule has 17 heavy (non-hydrogen) atoms. The minimum Gasteiger partial charge on any atom is -0.397 e. The molecule has 1 aromatic rings. The van der Waals surface area contributed by atoms with Crippen molar-refractivity contribution in [2.24, 2.45) is 0 Å². The van der Waals surface area contributed by atoms with Gasteiger partial charge in [0.05, 0.1) is 21.6 Å². The van der Waals surface area contributed by atoms with Gasteiger partial charge in [0.2, 0.25) is 10.0 Å². The Kier molecular flexibility index (Phi) is 4.04. The first-order chi connectivity index (χ1) is 7.77. The second kappa shape index (κ2) is 4.96. The van der Waals surface area contributed by atoms with Gasteiger partial charge in [0, 0.05) is 0 Å². The summed E-state index contributed by atoms with van der Waals surface area (Å²) in [6, 6.07) is 2.17. The molecule has 0 aromatic heterocycles. The normalized spacial score (nSPS) is 13.1. The van der Waals surface area contributed by atoms with Crippen molar-refractivity contribution in [1.82, 2.24) is 4.72 Å². The quantitative estimate of drug-likeness (QED) is 0.647. The van der Waals surface area contributed by atoms with Crippen LogP contribution >= 0.6 is 11.6 Å². The van der Waals surface area contributed by atoms with Crippen molar-refractivity contribution in [3.8, 4) is 12.3 Å². The van der Waals surface area contributed by atoms with Gasteiger partial charge in [-0.05, 0) is 31.5 Å². The third-order valence-electron chi connectivity index (χ3n) is 2.15. The summed E-state index contributed by atoms with van der Waals surface area (Å²) < 4.78 is 26.2. The first-order valence-corrected chi connectivity index (χ1v) is 6.68. The molecule has 0 amide bonds. The molecule has 0 heterocycles. The summed E-state index contributed by atoms with van der Waals surface area (Å²) in [5, 5.41) is 0.356. The Bertz CT molecular complexity index is 553. The number of halogens is 1. The molecule has 0 aliphatic heterocycles. The van der Waals surface area contributed by atoms with Crippen LogP contribution in [0.5, 0.6) is 0 Å². The molecule has 0 fully saturated rings. The summed E-state index contributed by atoms with van der Waals surface area (Å²) in [5.41, 5.74) is 6.44. The zero-order valence-electron chi connectivity index (χ0n) is 9.49. The molecule has 0 aliphatic rings. The maximum absolute atomic E-state index is 11.9. The number of nitrogen functional groups attached to an aromatic ring is 1. The fourth-order valence-electron chi connectivity index (χ4n) is 1.25. The van der Waals surface area contributed by atoms with Crippen LogP contribution in [0, 0.1) is 19.3 Å². The Morgan fingerprint density at radius 1 is 1.53 bits per heavy atom. The highest BCUT2D eigenvalue weighted by Gasteiger charge is 2.18. The van der Waals surface area contributed by atoms with Gasteiger partial charge in [0.1, 0.15) is 0 Å². The van der Waals surface area contributed by atoms with E-state index in [2.05, 4.69) is 10.6 Å². The molecule has 0 radical (unpaired) electrons. The number of rotatable bonds is 3. The van der Waals surface area contributed by atoms with Crippen LogP contribution in [0.4, 0.5) is 5.69 Å². The van der Waals surface area contributed by atoms with Gasteiger partial charge in [0.25, 0.3) is 0 Å². The zero-order valence-corrected chi connectivity index (χ0v) is 11.1. The summed E-state index contributed by atoms with van der Waals surface area (Å²) in [6.45, 7) is 3.26. The van der Waals surface area contributed by atoms with Crippen LogP contribution < -0.4 is 10.5 Å². The fraction of sp³-hybridized carbons (Fsp3) is 0.273. The molecule has 1 aromatic carbocycles. The van der Waals surface area contributed by atoms with Crippen LogP contribution in [-0.2, 0) is 10.0 Å². The van der Waals surface area contributed by atoms with Crippen molar-refractivity contribution in [2.45, 2.75) is 24.8 Å². The van der Waals surface area contributed by atoms with E-state index < -0.39 is 16.1 Å². The summed E-state index contributed by atoms with van der Waals surface area (Å²) in [4.78, 5) is 0.0546. The number of nitrogens with two attached hydrogens (primary N) is 1. The second-order valence-corrected chi connectivity index (χ2v) is 5.74. The Balaban J connectivity index is 3.22. The predicted octanol–water partition coefficient (Wildman–Crippen LogP) is 1.53. The molecule has 0 saturated carbocycles. The smallest absolute Gasteiger partial charge is 0.241 e. The van der Waals surface area contributed by atoms with Gasteiger partial charge in [-0.3, -0.25) is 0 Å². The molecule has 1 unspecified atom stereocenters. The number of hydrogen-bond donors (Lipinski definition) is 2. The van der Waals surface area contributed by atoms with E-state index in [4.69, 9.17) is 23.8 Å². The molecule has 0 bridgehead atoms. The van der Waals surface area contributed by atoms with Gasteiger partial charge in [-0.15, -0.1) is 6.42 Å². The van der Waals surface area contributed by atoms with Gasteiger partial charge in [-0.1, -0.05) is 17.5 Å². The van der Waals surface area contributed by atoms with Crippen LogP contribution in [0.2, 0.25) is 5.02 Å². The molecule has 0 saturated heterocycles. The van der Waals surface area contributed by atoms with E-state index in [0.29, 0.717) is 10.6 Å². The van der Waals surface area contributed by atoms with Crippen molar-refractivity contribution >= 4 is 27.3 Å². The van der Waals surface area contributed by atoms with E-state index in [1.54, 1.807) is 13.8 Å². The van der Waals surface area contributed by atoms with Crippen molar-refractivity contribution in [3.05, 3.63) is 22.7 Å². The molecule has 0 spiro atoms. The molecule has 4 nitrogen and oxygen atoms in total. The molecule has 1 atom stereocenters. The van der Waals surface area contributed by atoms with Crippen molar-refractivity contribution in [2.75, 3.05) is 5.73 Å². The third kappa shape index (κ3) is 3.13. The van der Waals surface area contributed by atoms with Crippen molar-refractivity contribution in [3.63, 3.8) is 0 Å². The highest BCUT2D eigenvalue weighted by atomic mass is 35.5. The maximum atomic E-state index is 11.9. The summed E-state index contributed by atoms with van der Waals surface area (Å²) in [5.74, 6) is 2.28. The molecule has 0 aliphatic carbocycles. The standard InChI is InChI=1S/C11H13ClN2O2S/c1-4-8(3)14-17(15,16)9-5-7(2)11(12)10(13)6-9/h1,5-6,8,14H,13H2,2-3H3. The van der Waals surface area contributed by atoms with Crippen molar-refractivity contribution < 1.29 is 8.42 Å². The number of benzene rings is 1. The number of sulfonamides is 1. The Morgan fingerprint density at radius 3 is 2.59 bits per heavy atom. The van der Waals surface area contributed by atoms with E-state index in [1.165, 1.54) is 12.1 Å². The van der Waals surface area contributed by atoms with Crippen LogP contribution in [0.3, 0.4) is 0 Å². The lowest BCUT2D eigenvalue weighted by atomic mass is 10.2. The first kappa shape index (κ1) is 13.8. The van der Waals surface area contributed by atoms with E-state index >= 15 is 0 Å². The number of nitrogens with one attached hydrogen (secondary N) is 1. The maximum Gasteiger partial charge on any atom is 0.241 e. The van der Waals surface area contributed by atoms with E-state index in [-0.39, 0.29) is 10.6 Å². The Hall–Kier alpha value is -1.22. The lowest BCUT2D eigenvalue weighted by molar-refractivity contribution is 0.577. The molecule has 1 rings (SSSR count). The average molecular weight is 273 g/mol. The number of aryl methyl sites for hydroxylation is 1. The highest BCUT2D eigenvalue weighted by molar-refractivity contribution is 7.89. The highest BCUT2D eigenvalue weighted by Crippen LogP contribution is 2.26. The van der Waals surface area contributed by atoms with E-state index in [9.17, 15) is 8.42 Å². The minimum atomic E-state index is -3.66. The average Bonchev–Trinajstić information content (AvgIpc) is 2.24. The Morgan fingerprint density at radius 2 is 2.12 bits per heavy atom. The molecule has 92 valence electrons. The van der Waals surface area contributed by atoms with Crippen molar-refractivity contribution in [1.29, 1.82) is 0 Å². The predicted molar refractivity (Wildman–Crippen MR) is 69.2 cm³/mol. The van der Waals surface area contributed by atoms with Crippen LogP contribution in [0.15, 0.2) is 17.0 Å². The molecular weight excluding hydrogens is 260 g/mol. The van der Waals surface area contributed by atoms with Gasteiger partial charge in [0.15, 0.2) is 0 Å². The van der Waals surface area contributed by atoms with E-state index in [0.717, 1.165) is 0 Å². The minimum absolute atomic E-state index is 0.0546. The SMILES string of the molecule is C#CC(C)NS(=O)(=O)c1cc(C)c(Cl)c(N)c1. The largest absolute Gasteiger partial charge is 0.397 e. The topological polar surface area (TPSA) is 72.2 Å². The van der Waals surface area contributed by atoms with Gasteiger partial charge < -0.3 is 5.73 Å². The monoisotopic (exact) mass is 272 g/mol. The van der Waals surface area contributed by atoms with Crippen LogP contribution in [0.25, 0.3) is 0 Å². The van der Waals surface area contributed by atoms with Crippen LogP contribution in [0.1, 0.15) is 12.5 Å². The summed E-state index contributed by atoms with van der Waals surface area (Å²) in [7, 11) is -3.66. The lowest BCUT2D eigenvalue weighted by Crippen LogP contribution is -2.31. The summed E-state index contributed by atoms with van der Waals surface area (Å²) >= 11 is 5.86. The number of terminal acetylenes is 1. The number of hydrogen-bond acceptors (Lipinski definition) is 3. The van der Waals surface area contributed by atoms with Gasteiger partial charge in [-0.25, -0.2) is 8.42 Å². The van der Waals surface area contributed by atoms with Crippen LogP contribution in [-0.4, -0.2) is 14.5 Å². The number of anilines is 1. The Labute approximate surface area is 106 Å². The summed E-state index contributed by atoms with van der Waals surface area (Å²) in [6.07, 6.45) is 5.12. The lowest BCUT2D eigenvalue weighted by Gasteiger charge is -2.11. The molecule has 3 N–H and O–H groups in total. The fourth-order valence-corrected chi connectivity index (χ4v) is 2.65. The van der Waals surface area contributed by atoms with Gasteiger partial charge in [-0.2, -0.15) is 4.72 Å². The zero-order chi connectivity index (χ0) is 13.2. The van der Waals surface area contributed by atoms with Gasteiger partial charge >= 0.3 is 0 Å². The third-order valence-corrected chi connectivity index (χ3v) is 4.18. The molecular formula is C11H13ClN2O2S. The first-order valence-electron chi connectivity index (χ1n) is 4.82.